The molecule has 9 heteroatoms. The molecule has 8 nitrogen and oxygen atoms in total. The lowest BCUT2D eigenvalue weighted by atomic mass is 9.79. The van der Waals surface area contributed by atoms with Crippen molar-refractivity contribution in [1.82, 2.24) is 19.5 Å². The molecule has 2 amide bonds. The molecule has 0 bridgehead atoms. The quantitative estimate of drug-likeness (QED) is 0.653. The highest BCUT2D eigenvalue weighted by Gasteiger charge is 2.35. The molecule has 1 saturated carbocycles. The minimum atomic E-state index is -3.56. The van der Waals surface area contributed by atoms with Gasteiger partial charge < -0.3 is 10.6 Å². The lowest BCUT2D eigenvalue weighted by Gasteiger charge is -2.44. The van der Waals surface area contributed by atoms with Crippen molar-refractivity contribution in [3.63, 3.8) is 0 Å². The van der Waals surface area contributed by atoms with Crippen LogP contribution in [0.25, 0.3) is 0 Å². The number of amides is 2. The lowest BCUT2D eigenvalue weighted by Crippen LogP contribution is -2.54. The van der Waals surface area contributed by atoms with E-state index in [1.54, 1.807) is 41.0 Å². The van der Waals surface area contributed by atoms with E-state index in [1.807, 2.05) is 12.1 Å². The van der Waals surface area contributed by atoms with E-state index in [0.29, 0.717) is 37.3 Å². The van der Waals surface area contributed by atoms with E-state index in [-0.39, 0.29) is 10.9 Å². The molecular weight excluding hydrogens is 450 g/mol. The highest BCUT2D eigenvalue weighted by molar-refractivity contribution is 7.89. The molecule has 1 aromatic heterocycles. The summed E-state index contributed by atoms with van der Waals surface area (Å²) in [6.45, 7) is 7.58. The fraction of sp³-hybridized carbons (Fsp3) is 0.520. The molecule has 184 valence electrons. The van der Waals surface area contributed by atoms with Gasteiger partial charge in [-0.15, -0.1) is 0 Å². The number of hydrogen-bond acceptors (Lipinski definition) is 5. The molecule has 3 atom stereocenters. The predicted octanol–water partition coefficient (Wildman–Crippen LogP) is 3.53. The largest absolute Gasteiger partial charge is 0.334 e. The molecule has 2 aromatic rings. The van der Waals surface area contributed by atoms with Crippen molar-refractivity contribution in [2.75, 3.05) is 31.5 Å². The van der Waals surface area contributed by atoms with E-state index in [1.165, 1.54) is 19.3 Å². The van der Waals surface area contributed by atoms with Gasteiger partial charge in [0.15, 0.2) is 0 Å². The van der Waals surface area contributed by atoms with Crippen LogP contribution in [0.2, 0.25) is 0 Å². The van der Waals surface area contributed by atoms with E-state index in [4.69, 9.17) is 0 Å². The number of hydrogen-bond donors (Lipinski definition) is 2. The first-order chi connectivity index (χ1) is 16.3. The zero-order valence-corrected chi connectivity index (χ0v) is 20.8. The molecule has 1 aliphatic heterocycles. The first-order valence-electron chi connectivity index (χ1n) is 12.1. The highest BCUT2D eigenvalue weighted by atomic mass is 32.2. The van der Waals surface area contributed by atoms with Gasteiger partial charge in [0.2, 0.25) is 10.0 Å². The van der Waals surface area contributed by atoms with Crippen molar-refractivity contribution in [2.45, 2.75) is 50.6 Å². The molecule has 0 spiro atoms. The van der Waals surface area contributed by atoms with Gasteiger partial charge >= 0.3 is 6.03 Å². The molecule has 2 aliphatic rings. The van der Waals surface area contributed by atoms with E-state index >= 15 is 0 Å². The summed E-state index contributed by atoms with van der Waals surface area (Å²) >= 11 is 0. The SMILES string of the molecule is CC1CCC(C)C(N2CCN(S(=O)(=O)c3ccc(NC(=O)NCc4cccnc4)cc3)CC2)C1. The summed E-state index contributed by atoms with van der Waals surface area (Å²) in [7, 11) is -3.56. The number of pyridine rings is 1. The number of carbonyl (C=O) groups excluding carboxylic acids is 1. The second-order valence-corrected chi connectivity index (χ2v) is 11.5. The van der Waals surface area contributed by atoms with Crippen molar-refractivity contribution < 1.29 is 13.2 Å². The summed E-state index contributed by atoms with van der Waals surface area (Å²) in [6, 6.07) is 10.3. The van der Waals surface area contributed by atoms with Crippen LogP contribution in [-0.2, 0) is 16.6 Å². The Kier molecular flexibility index (Phi) is 7.85. The summed E-state index contributed by atoms with van der Waals surface area (Å²) in [5, 5.41) is 5.49. The predicted molar refractivity (Wildman–Crippen MR) is 133 cm³/mol. The zero-order chi connectivity index (χ0) is 24.1. The van der Waals surface area contributed by atoms with Crippen LogP contribution in [0.15, 0.2) is 53.7 Å². The molecule has 4 rings (SSSR count). The van der Waals surface area contributed by atoms with Gasteiger partial charge in [-0.25, -0.2) is 13.2 Å². The topological polar surface area (TPSA) is 94.6 Å². The number of aromatic nitrogens is 1. The smallest absolute Gasteiger partial charge is 0.319 e. The second kappa shape index (κ2) is 10.8. The summed E-state index contributed by atoms with van der Waals surface area (Å²) in [5.41, 5.74) is 1.43. The maximum Gasteiger partial charge on any atom is 0.319 e. The molecule has 1 saturated heterocycles. The van der Waals surface area contributed by atoms with Crippen LogP contribution in [0.3, 0.4) is 0 Å². The van der Waals surface area contributed by atoms with Crippen LogP contribution in [0, 0.1) is 11.8 Å². The van der Waals surface area contributed by atoms with Crippen LogP contribution < -0.4 is 10.6 Å². The van der Waals surface area contributed by atoms with Gasteiger partial charge in [-0.05, 0) is 60.6 Å². The Balaban J connectivity index is 1.30. The Bertz CT molecular complexity index is 1050. The van der Waals surface area contributed by atoms with Gasteiger partial charge in [0, 0.05) is 56.8 Å². The number of anilines is 1. The number of urea groups is 1. The summed E-state index contributed by atoms with van der Waals surface area (Å²) < 4.78 is 27.9. The Morgan fingerprint density at radius 2 is 1.79 bits per heavy atom. The van der Waals surface area contributed by atoms with E-state index in [0.717, 1.165) is 24.6 Å². The molecule has 34 heavy (non-hydrogen) atoms. The van der Waals surface area contributed by atoms with Crippen molar-refractivity contribution >= 4 is 21.7 Å². The first kappa shape index (κ1) is 24.6. The summed E-state index contributed by atoms with van der Waals surface area (Å²) in [5.74, 6) is 1.41. The minimum Gasteiger partial charge on any atom is -0.334 e. The number of rotatable bonds is 6. The standard InChI is InChI=1S/C25H35N5O3S/c1-19-5-6-20(2)24(16-19)29-12-14-30(15-13-29)34(32,33)23-9-7-22(8-10-23)28-25(31)27-18-21-4-3-11-26-17-21/h3-4,7-11,17,19-20,24H,5-6,12-16,18H2,1-2H3,(H2,27,28,31). The fourth-order valence-corrected chi connectivity index (χ4v) is 6.43. The molecule has 2 N–H and O–H groups in total. The van der Waals surface area contributed by atoms with Gasteiger partial charge in [0.1, 0.15) is 0 Å². The van der Waals surface area contributed by atoms with Gasteiger partial charge in [-0.2, -0.15) is 4.31 Å². The van der Waals surface area contributed by atoms with Crippen LogP contribution in [0.5, 0.6) is 0 Å². The number of carbonyl (C=O) groups is 1. The number of nitrogens with zero attached hydrogens (tertiary/aromatic N) is 3. The van der Waals surface area contributed by atoms with Crippen LogP contribution in [0.1, 0.15) is 38.7 Å². The van der Waals surface area contributed by atoms with Crippen molar-refractivity contribution in [3.05, 3.63) is 54.4 Å². The third kappa shape index (κ3) is 5.95. The van der Waals surface area contributed by atoms with E-state index < -0.39 is 10.0 Å². The average molecular weight is 486 g/mol. The highest BCUT2D eigenvalue weighted by Crippen LogP contribution is 2.33. The number of piperazine rings is 1. The Labute approximate surface area is 202 Å². The van der Waals surface area contributed by atoms with E-state index in [9.17, 15) is 13.2 Å². The normalized spacial score (nSPS) is 24.5. The van der Waals surface area contributed by atoms with E-state index in [2.05, 4.69) is 34.4 Å². The Morgan fingerprint density at radius 1 is 1.06 bits per heavy atom. The van der Waals surface area contributed by atoms with Crippen molar-refractivity contribution in [1.29, 1.82) is 0 Å². The van der Waals surface area contributed by atoms with Gasteiger partial charge in [-0.1, -0.05) is 26.3 Å². The lowest BCUT2D eigenvalue weighted by molar-refractivity contribution is 0.0628. The number of benzene rings is 1. The van der Waals surface area contributed by atoms with Crippen molar-refractivity contribution in [3.8, 4) is 0 Å². The molecule has 1 aliphatic carbocycles. The Hall–Kier alpha value is -2.49. The fourth-order valence-electron chi connectivity index (χ4n) is 5.01. The maximum absolute atomic E-state index is 13.2. The molecule has 1 aromatic carbocycles. The van der Waals surface area contributed by atoms with Gasteiger partial charge in [-0.3, -0.25) is 9.88 Å². The van der Waals surface area contributed by atoms with Gasteiger partial charge in [0.05, 0.1) is 4.90 Å². The molecule has 3 unspecified atom stereocenters. The third-order valence-electron chi connectivity index (χ3n) is 7.08. The van der Waals surface area contributed by atoms with Crippen LogP contribution in [0.4, 0.5) is 10.5 Å². The minimum absolute atomic E-state index is 0.252. The average Bonchev–Trinajstić information content (AvgIpc) is 2.85. The van der Waals surface area contributed by atoms with Crippen LogP contribution in [-0.4, -0.2) is 60.9 Å². The van der Waals surface area contributed by atoms with Crippen molar-refractivity contribution in [2.24, 2.45) is 11.8 Å². The summed E-state index contributed by atoms with van der Waals surface area (Å²) in [4.78, 5) is 18.9. The molecule has 2 heterocycles. The molecule has 2 fully saturated rings. The molecule has 0 radical (unpaired) electrons. The molecular formula is C25H35N5O3S. The third-order valence-corrected chi connectivity index (χ3v) is 9.00. The zero-order valence-electron chi connectivity index (χ0n) is 20.0. The Morgan fingerprint density at radius 3 is 2.47 bits per heavy atom. The second-order valence-electron chi connectivity index (χ2n) is 9.60. The first-order valence-corrected chi connectivity index (χ1v) is 13.5. The monoisotopic (exact) mass is 485 g/mol. The maximum atomic E-state index is 13.2. The van der Waals surface area contributed by atoms with Crippen LogP contribution >= 0.6 is 0 Å². The number of sulfonamides is 1. The van der Waals surface area contributed by atoms with Gasteiger partial charge in [0.25, 0.3) is 0 Å². The summed E-state index contributed by atoms with van der Waals surface area (Å²) in [6.07, 6.45) is 7.13. The number of nitrogens with one attached hydrogen (secondary N) is 2.